The van der Waals surface area contributed by atoms with Gasteiger partial charge in [-0.15, -0.1) is 10.2 Å². The van der Waals surface area contributed by atoms with Crippen LogP contribution in [0, 0.1) is 11.3 Å². The molecule has 1 aliphatic carbocycles. The molecule has 2 rings (SSSR count). The van der Waals surface area contributed by atoms with Crippen LogP contribution >= 0.6 is 0 Å². The van der Waals surface area contributed by atoms with Crippen LogP contribution in [0.3, 0.4) is 0 Å². The van der Waals surface area contributed by atoms with Gasteiger partial charge < -0.3 is 5.73 Å². The van der Waals surface area contributed by atoms with Crippen molar-refractivity contribution in [3.8, 4) is 0 Å². The second kappa shape index (κ2) is 2.51. The number of hydrogen-bond acceptors (Lipinski definition) is 4. The van der Waals surface area contributed by atoms with Gasteiger partial charge in [0, 0.05) is 0 Å². The van der Waals surface area contributed by atoms with Crippen molar-refractivity contribution in [3.63, 3.8) is 0 Å². The molecule has 2 unspecified atom stereocenters. The number of nitrogens with zero attached hydrogens (tertiary/aromatic N) is 4. The lowest BCUT2D eigenvalue weighted by molar-refractivity contribution is 0.474. The summed E-state index contributed by atoms with van der Waals surface area (Å²) in [6.45, 7) is 4.43. The molecular formula is C8H15N5. The number of aromatic nitrogens is 4. The van der Waals surface area contributed by atoms with Gasteiger partial charge in [-0.1, -0.05) is 13.8 Å². The Bertz CT molecular complexity index is 316. The first-order valence-corrected chi connectivity index (χ1v) is 4.50. The summed E-state index contributed by atoms with van der Waals surface area (Å²) in [7, 11) is 1.75. The summed E-state index contributed by atoms with van der Waals surface area (Å²) in [5.74, 6) is 1.18. The van der Waals surface area contributed by atoms with E-state index in [1.165, 1.54) is 4.80 Å². The van der Waals surface area contributed by atoms with E-state index in [1.807, 2.05) is 0 Å². The average Bonchev–Trinajstić information content (AvgIpc) is 2.47. The van der Waals surface area contributed by atoms with Crippen molar-refractivity contribution in [3.05, 3.63) is 5.82 Å². The van der Waals surface area contributed by atoms with Crippen molar-refractivity contribution in [1.82, 2.24) is 20.2 Å². The molecule has 2 atom stereocenters. The van der Waals surface area contributed by atoms with Gasteiger partial charge in [-0.05, 0) is 23.0 Å². The third-order valence-corrected chi connectivity index (χ3v) is 2.85. The summed E-state index contributed by atoms with van der Waals surface area (Å²) >= 11 is 0. The SMILES string of the molecule is Cn1nnc(C(N)C2CC2(C)C)n1. The highest BCUT2D eigenvalue weighted by Gasteiger charge is 2.50. The second-order valence-electron chi connectivity index (χ2n) is 4.46. The van der Waals surface area contributed by atoms with Gasteiger partial charge in [-0.2, -0.15) is 4.80 Å². The predicted octanol–water partition coefficient (Wildman–Crippen LogP) is 0.256. The summed E-state index contributed by atoms with van der Waals surface area (Å²) in [5.41, 5.74) is 6.37. The van der Waals surface area contributed by atoms with Gasteiger partial charge in [-0.25, -0.2) is 0 Å². The van der Waals surface area contributed by atoms with Gasteiger partial charge in [0.25, 0.3) is 0 Å². The third kappa shape index (κ3) is 1.44. The van der Waals surface area contributed by atoms with Gasteiger partial charge in [0.05, 0.1) is 13.1 Å². The fourth-order valence-corrected chi connectivity index (χ4v) is 1.73. The van der Waals surface area contributed by atoms with E-state index < -0.39 is 0 Å². The molecule has 5 heteroatoms. The molecule has 0 radical (unpaired) electrons. The molecule has 0 bridgehead atoms. The Morgan fingerprint density at radius 3 is 2.62 bits per heavy atom. The minimum absolute atomic E-state index is 0.0521. The normalized spacial score (nSPS) is 27.2. The lowest BCUT2D eigenvalue weighted by Crippen LogP contribution is -2.17. The van der Waals surface area contributed by atoms with Crippen LogP contribution in [0.15, 0.2) is 0 Å². The molecule has 1 aromatic heterocycles. The first kappa shape index (κ1) is 8.62. The van der Waals surface area contributed by atoms with Crippen LogP contribution in [-0.2, 0) is 7.05 Å². The van der Waals surface area contributed by atoms with E-state index in [1.54, 1.807) is 7.05 Å². The Hall–Kier alpha value is -0.970. The highest BCUT2D eigenvalue weighted by molar-refractivity contribution is 5.06. The van der Waals surface area contributed by atoms with Crippen molar-refractivity contribution < 1.29 is 0 Å². The third-order valence-electron chi connectivity index (χ3n) is 2.85. The second-order valence-corrected chi connectivity index (χ2v) is 4.46. The van der Waals surface area contributed by atoms with Crippen LogP contribution in [0.1, 0.15) is 32.1 Å². The topological polar surface area (TPSA) is 69.6 Å². The number of rotatable bonds is 2. The Labute approximate surface area is 77.3 Å². The minimum atomic E-state index is -0.0521. The van der Waals surface area contributed by atoms with Crippen molar-refractivity contribution >= 4 is 0 Å². The number of aryl methyl sites for hydroxylation is 1. The molecule has 2 N–H and O–H groups in total. The van der Waals surface area contributed by atoms with E-state index >= 15 is 0 Å². The molecule has 1 aliphatic rings. The molecular weight excluding hydrogens is 166 g/mol. The van der Waals surface area contributed by atoms with E-state index in [-0.39, 0.29) is 6.04 Å². The van der Waals surface area contributed by atoms with Gasteiger partial charge in [0.2, 0.25) is 0 Å². The lowest BCUT2D eigenvalue weighted by atomic mass is 10.0. The monoisotopic (exact) mass is 181 g/mol. The van der Waals surface area contributed by atoms with Gasteiger partial charge >= 0.3 is 0 Å². The van der Waals surface area contributed by atoms with Crippen molar-refractivity contribution in [2.75, 3.05) is 0 Å². The van der Waals surface area contributed by atoms with Crippen molar-refractivity contribution in [1.29, 1.82) is 0 Å². The Morgan fingerprint density at radius 2 is 2.23 bits per heavy atom. The maximum Gasteiger partial charge on any atom is 0.191 e. The van der Waals surface area contributed by atoms with Crippen LogP contribution in [-0.4, -0.2) is 20.2 Å². The average molecular weight is 181 g/mol. The molecule has 0 aromatic carbocycles. The van der Waals surface area contributed by atoms with Crippen LogP contribution in [0.25, 0.3) is 0 Å². The predicted molar refractivity (Wildman–Crippen MR) is 47.6 cm³/mol. The molecule has 1 heterocycles. The molecule has 1 aromatic rings. The standard InChI is InChI=1S/C8H15N5/c1-8(2)4-5(8)6(9)7-10-12-13(3)11-7/h5-6H,4,9H2,1-3H3. The number of tetrazole rings is 1. The summed E-state index contributed by atoms with van der Waals surface area (Å²) in [5, 5.41) is 11.8. The van der Waals surface area contributed by atoms with Gasteiger partial charge in [-0.3, -0.25) is 0 Å². The Balaban J connectivity index is 2.11. The molecule has 0 saturated heterocycles. The maximum absolute atomic E-state index is 6.01. The van der Waals surface area contributed by atoms with Crippen LogP contribution in [0.4, 0.5) is 0 Å². The molecule has 0 spiro atoms. The molecule has 72 valence electrons. The number of hydrogen-bond donors (Lipinski definition) is 1. The zero-order chi connectivity index (χ0) is 9.64. The maximum atomic E-state index is 6.01. The minimum Gasteiger partial charge on any atom is -0.321 e. The van der Waals surface area contributed by atoms with Crippen LogP contribution in [0.2, 0.25) is 0 Å². The van der Waals surface area contributed by atoms with E-state index in [4.69, 9.17) is 5.73 Å². The Morgan fingerprint density at radius 1 is 1.62 bits per heavy atom. The van der Waals surface area contributed by atoms with E-state index in [0.29, 0.717) is 17.2 Å². The van der Waals surface area contributed by atoms with Crippen molar-refractivity contribution in [2.24, 2.45) is 24.1 Å². The van der Waals surface area contributed by atoms with Crippen LogP contribution in [0.5, 0.6) is 0 Å². The van der Waals surface area contributed by atoms with Crippen LogP contribution < -0.4 is 5.73 Å². The summed E-state index contributed by atoms with van der Waals surface area (Å²) in [6, 6.07) is -0.0521. The van der Waals surface area contributed by atoms with Gasteiger partial charge in [0.1, 0.15) is 0 Å². The first-order valence-electron chi connectivity index (χ1n) is 4.50. The lowest BCUT2D eigenvalue weighted by Gasteiger charge is -2.08. The molecule has 0 amide bonds. The molecule has 5 nitrogen and oxygen atoms in total. The zero-order valence-corrected chi connectivity index (χ0v) is 8.23. The summed E-state index contributed by atoms with van der Waals surface area (Å²) < 4.78 is 0. The smallest absolute Gasteiger partial charge is 0.191 e. The fourth-order valence-electron chi connectivity index (χ4n) is 1.73. The van der Waals surface area contributed by atoms with Crippen molar-refractivity contribution in [2.45, 2.75) is 26.3 Å². The number of nitrogens with two attached hydrogens (primary N) is 1. The largest absolute Gasteiger partial charge is 0.321 e. The fraction of sp³-hybridized carbons (Fsp3) is 0.875. The van der Waals surface area contributed by atoms with E-state index in [2.05, 4.69) is 29.3 Å². The molecule has 1 fully saturated rings. The quantitative estimate of drug-likeness (QED) is 0.710. The zero-order valence-electron chi connectivity index (χ0n) is 8.23. The molecule has 0 aliphatic heterocycles. The van der Waals surface area contributed by atoms with E-state index in [9.17, 15) is 0 Å². The van der Waals surface area contributed by atoms with E-state index in [0.717, 1.165) is 6.42 Å². The summed E-state index contributed by atoms with van der Waals surface area (Å²) in [6.07, 6.45) is 1.16. The summed E-state index contributed by atoms with van der Waals surface area (Å²) in [4.78, 5) is 1.45. The molecule has 13 heavy (non-hydrogen) atoms. The first-order chi connectivity index (χ1) is 6.00. The van der Waals surface area contributed by atoms with Gasteiger partial charge in [0.15, 0.2) is 5.82 Å². The molecule has 1 saturated carbocycles. The highest BCUT2D eigenvalue weighted by atomic mass is 15.6. The Kier molecular flexibility index (Phi) is 1.66. The highest BCUT2D eigenvalue weighted by Crippen LogP contribution is 2.56.